The maximum absolute atomic E-state index is 12.3. The molecule has 6 nitrogen and oxygen atoms in total. The third-order valence-electron chi connectivity index (χ3n) is 4.14. The first kappa shape index (κ1) is 19.7. The van der Waals surface area contributed by atoms with Gasteiger partial charge >= 0.3 is 5.97 Å². The van der Waals surface area contributed by atoms with Crippen molar-refractivity contribution in [1.82, 2.24) is 5.16 Å². The van der Waals surface area contributed by atoms with Crippen molar-refractivity contribution in [2.24, 2.45) is 0 Å². The molecule has 1 N–H and O–H groups in total. The minimum absolute atomic E-state index is 0.00635. The number of nitrogens with one attached hydrogen (secondary N) is 1. The number of hydrogen-bond acceptors (Lipinski definition) is 5. The first-order valence-electron chi connectivity index (χ1n) is 8.75. The fraction of sp³-hybridized carbons (Fsp3) is 0.450. The van der Waals surface area contributed by atoms with Crippen LogP contribution in [0.1, 0.15) is 72.5 Å². The zero-order valence-electron chi connectivity index (χ0n) is 16.2. The van der Waals surface area contributed by atoms with E-state index in [0.717, 1.165) is 16.8 Å². The molecule has 0 unspecified atom stereocenters. The Hall–Kier alpha value is -2.63. The molecule has 0 aliphatic heterocycles. The average Bonchev–Trinajstić information content (AvgIpc) is 2.96. The number of benzene rings is 1. The van der Waals surface area contributed by atoms with Crippen molar-refractivity contribution in [3.8, 4) is 0 Å². The van der Waals surface area contributed by atoms with Crippen LogP contribution >= 0.6 is 0 Å². The van der Waals surface area contributed by atoms with Crippen LogP contribution in [0.25, 0.3) is 0 Å². The minimum Gasteiger partial charge on any atom is -0.452 e. The highest BCUT2D eigenvalue weighted by Crippen LogP contribution is 2.27. The molecule has 1 amide bonds. The zero-order valence-corrected chi connectivity index (χ0v) is 16.2. The fourth-order valence-electron chi connectivity index (χ4n) is 2.75. The molecule has 1 aromatic carbocycles. The number of carbonyl (C=O) groups excluding carboxylic acids is 2. The van der Waals surface area contributed by atoms with Crippen LogP contribution in [0.5, 0.6) is 0 Å². The molecule has 0 aliphatic rings. The molecule has 0 saturated heterocycles. The summed E-state index contributed by atoms with van der Waals surface area (Å²) in [4.78, 5) is 24.6. The molecular weight excluding hydrogens is 332 g/mol. The summed E-state index contributed by atoms with van der Waals surface area (Å²) in [5, 5.41) is 6.68. The fourth-order valence-corrected chi connectivity index (χ4v) is 2.75. The number of aromatic nitrogens is 1. The van der Waals surface area contributed by atoms with Crippen molar-refractivity contribution in [2.45, 2.75) is 53.4 Å². The second kappa shape index (κ2) is 8.17. The van der Waals surface area contributed by atoms with Crippen LogP contribution in [-0.4, -0.2) is 23.6 Å². The minimum atomic E-state index is -0.600. The van der Waals surface area contributed by atoms with Gasteiger partial charge in [0.15, 0.2) is 12.4 Å². The Bertz CT molecular complexity index is 806. The number of amides is 1. The molecule has 0 saturated carbocycles. The molecule has 0 fully saturated rings. The molecule has 2 aromatic rings. The predicted molar refractivity (Wildman–Crippen MR) is 99.5 cm³/mol. The summed E-state index contributed by atoms with van der Waals surface area (Å²) in [6, 6.07) is 5.88. The van der Waals surface area contributed by atoms with Gasteiger partial charge in [0, 0.05) is 11.6 Å². The van der Waals surface area contributed by atoms with E-state index in [2.05, 4.69) is 24.3 Å². The van der Waals surface area contributed by atoms with Gasteiger partial charge in [0.05, 0.1) is 5.69 Å². The molecule has 140 valence electrons. The Kier molecular flexibility index (Phi) is 6.18. The molecule has 1 heterocycles. The van der Waals surface area contributed by atoms with E-state index >= 15 is 0 Å². The van der Waals surface area contributed by atoms with Gasteiger partial charge in [-0.15, -0.1) is 0 Å². The molecule has 26 heavy (non-hydrogen) atoms. The molecule has 1 aromatic heterocycles. The van der Waals surface area contributed by atoms with Crippen molar-refractivity contribution in [3.05, 3.63) is 46.3 Å². The van der Waals surface area contributed by atoms with Gasteiger partial charge in [0.25, 0.3) is 5.91 Å². The number of anilines is 1. The summed E-state index contributed by atoms with van der Waals surface area (Å²) in [6.07, 6.45) is 0. The van der Waals surface area contributed by atoms with Crippen LogP contribution in [0.15, 0.2) is 22.7 Å². The standard InChI is InChI=1S/C20H26N2O4/c1-11(2)15-9-7-8-13(5)18(15)21-16(23)10-25-20(24)17-14(6)22-26-19(17)12(3)4/h7-9,11-12H,10H2,1-6H3,(H,21,23). The Morgan fingerprint density at radius 2 is 1.85 bits per heavy atom. The van der Waals surface area contributed by atoms with Gasteiger partial charge in [-0.05, 0) is 30.9 Å². The topological polar surface area (TPSA) is 81.4 Å². The highest BCUT2D eigenvalue weighted by atomic mass is 16.5. The van der Waals surface area contributed by atoms with E-state index in [0.29, 0.717) is 17.0 Å². The van der Waals surface area contributed by atoms with Crippen LogP contribution in [0.4, 0.5) is 5.69 Å². The zero-order chi connectivity index (χ0) is 19.4. The average molecular weight is 358 g/mol. The number of ether oxygens (including phenoxy) is 1. The van der Waals surface area contributed by atoms with Gasteiger partial charge < -0.3 is 14.6 Å². The van der Waals surface area contributed by atoms with Crippen molar-refractivity contribution in [1.29, 1.82) is 0 Å². The van der Waals surface area contributed by atoms with Crippen LogP contribution in [0, 0.1) is 13.8 Å². The summed E-state index contributed by atoms with van der Waals surface area (Å²) in [6.45, 7) is 11.2. The van der Waals surface area contributed by atoms with Crippen LogP contribution < -0.4 is 5.32 Å². The lowest BCUT2D eigenvalue weighted by Crippen LogP contribution is -2.22. The molecule has 6 heteroatoms. The number of esters is 1. The normalized spacial score (nSPS) is 11.1. The number of carbonyl (C=O) groups is 2. The monoisotopic (exact) mass is 358 g/mol. The molecule has 0 atom stereocenters. The third-order valence-corrected chi connectivity index (χ3v) is 4.14. The Labute approximate surface area is 153 Å². The Balaban J connectivity index is 2.07. The van der Waals surface area contributed by atoms with Gasteiger partial charge in [-0.3, -0.25) is 4.79 Å². The Morgan fingerprint density at radius 1 is 1.15 bits per heavy atom. The lowest BCUT2D eigenvalue weighted by molar-refractivity contribution is -0.119. The first-order chi connectivity index (χ1) is 12.2. The van der Waals surface area contributed by atoms with Gasteiger partial charge in [-0.2, -0.15) is 0 Å². The molecule has 0 aliphatic carbocycles. The van der Waals surface area contributed by atoms with Crippen molar-refractivity contribution < 1.29 is 18.8 Å². The summed E-state index contributed by atoms with van der Waals surface area (Å²) >= 11 is 0. The Morgan fingerprint density at radius 3 is 2.46 bits per heavy atom. The van der Waals surface area contributed by atoms with E-state index in [1.807, 2.05) is 39.0 Å². The SMILES string of the molecule is Cc1cccc(C(C)C)c1NC(=O)COC(=O)c1c(C)noc1C(C)C. The second-order valence-corrected chi connectivity index (χ2v) is 6.98. The van der Waals surface area contributed by atoms with Crippen molar-refractivity contribution in [3.63, 3.8) is 0 Å². The van der Waals surface area contributed by atoms with Crippen molar-refractivity contribution >= 4 is 17.6 Å². The van der Waals surface area contributed by atoms with Gasteiger partial charge in [-0.1, -0.05) is 51.1 Å². The van der Waals surface area contributed by atoms with E-state index in [1.165, 1.54) is 0 Å². The molecule has 0 bridgehead atoms. The van der Waals surface area contributed by atoms with Gasteiger partial charge in [0.1, 0.15) is 5.56 Å². The van der Waals surface area contributed by atoms with E-state index in [9.17, 15) is 9.59 Å². The van der Waals surface area contributed by atoms with Crippen LogP contribution in [-0.2, 0) is 9.53 Å². The van der Waals surface area contributed by atoms with Gasteiger partial charge in [0.2, 0.25) is 0 Å². The molecule has 2 rings (SSSR count). The second-order valence-electron chi connectivity index (χ2n) is 6.98. The van der Waals surface area contributed by atoms with E-state index < -0.39 is 5.97 Å². The molecule has 0 radical (unpaired) electrons. The van der Waals surface area contributed by atoms with Crippen LogP contribution in [0.2, 0.25) is 0 Å². The smallest absolute Gasteiger partial charge is 0.344 e. The summed E-state index contributed by atoms with van der Waals surface area (Å²) in [5.74, 6) is -0.255. The summed E-state index contributed by atoms with van der Waals surface area (Å²) in [5.41, 5.74) is 3.54. The van der Waals surface area contributed by atoms with Gasteiger partial charge in [-0.25, -0.2) is 4.79 Å². The lowest BCUT2D eigenvalue weighted by atomic mass is 9.98. The van der Waals surface area contributed by atoms with Crippen molar-refractivity contribution in [2.75, 3.05) is 11.9 Å². The number of aryl methyl sites for hydroxylation is 2. The number of para-hydroxylation sites is 1. The number of hydrogen-bond donors (Lipinski definition) is 1. The maximum Gasteiger partial charge on any atom is 0.344 e. The summed E-state index contributed by atoms with van der Waals surface area (Å²) < 4.78 is 10.4. The lowest BCUT2D eigenvalue weighted by Gasteiger charge is -2.16. The maximum atomic E-state index is 12.3. The predicted octanol–water partition coefficient (Wildman–Crippen LogP) is 4.33. The van der Waals surface area contributed by atoms with Crippen LogP contribution in [0.3, 0.4) is 0 Å². The highest BCUT2D eigenvalue weighted by Gasteiger charge is 2.24. The third kappa shape index (κ3) is 4.31. The quantitative estimate of drug-likeness (QED) is 0.777. The first-order valence-corrected chi connectivity index (χ1v) is 8.75. The number of rotatable bonds is 6. The largest absolute Gasteiger partial charge is 0.452 e. The highest BCUT2D eigenvalue weighted by molar-refractivity contribution is 5.97. The van der Waals surface area contributed by atoms with E-state index in [1.54, 1.807) is 6.92 Å². The molecular formula is C20H26N2O4. The van der Waals surface area contributed by atoms with E-state index in [4.69, 9.17) is 9.26 Å². The summed E-state index contributed by atoms with van der Waals surface area (Å²) in [7, 11) is 0. The van der Waals surface area contributed by atoms with E-state index in [-0.39, 0.29) is 24.3 Å². The number of nitrogens with zero attached hydrogens (tertiary/aromatic N) is 1. The molecule has 0 spiro atoms.